The summed E-state index contributed by atoms with van der Waals surface area (Å²) in [7, 11) is 1.70. The molecule has 9 nitrogen and oxygen atoms in total. The molecule has 5 aliphatic heterocycles. The van der Waals surface area contributed by atoms with E-state index in [2.05, 4.69) is 33.2 Å². The first-order valence-corrected chi connectivity index (χ1v) is 16.2. The van der Waals surface area contributed by atoms with Crippen LogP contribution in [0.1, 0.15) is 59.7 Å². The number of carbonyl (C=O) groups excluding carboxylic acids is 1. The third-order valence-corrected chi connectivity index (χ3v) is 10.7. The number of hydrogen-bond acceptors (Lipinski definition) is 8. The first-order valence-electron chi connectivity index (χ1n) is 16.2. The highest BCUT2D eigenvalue weighted by molar-refractivity contribution is 5.87. The molecule has 0 unspecified atom stereocenters. The Balaban J connectivity index is 1.12. The van der Waals surface area contributed by atoms with Gasteiger partial charge in [0.05, 0.1) is 30.6 Å². The largest absolute Gasteiger partial charge is 0.374 e. The van der Waals surface area contributed by atoms with Gasteiger partial charge in [0, 0.05) is 83.2 Å². The summed E-state index contributed by atoms with van der Waals surface area (Å²) in [6.45, 7) is 11.1. The van der Waals surface area contributed by atoms with Crippen molar-refractivity contribution >= 4 is 23.5 Å². The molecular formula is C34H41F3N6O3. The van der Waals surface area contributed by atoms with E-state index < -0.39 is 17.9 Å². The average molecular weight is 639 g/mol. The van der Waals surface area contributed by atoms with Crippen LogP contribution in [0.4, 0.5) is 24.7 Å². The maximum Gasteiger partial charge on any atom is 0.281 e. The fourth-order valence-electron chi connectivity index (χ4n) is 7.97. The number of fused-ring (bicyclic) bond motifs is 3. The molecule has 0 bridgehead atoms. The number of halogens is 3. The van der Waals surface area contributed by atoms with Crippen molar-refractivity contribution in [2.75, 3.05) is 75.9 Å². The van der Waals surface area contributed by atoms with E-state index >= 15 is 4.39 Å². The minimum absolute atomic E-state index is 0.0711. The standard InChI is InChI=1S/C34H41F3N6O3/c1-4-29(44)42-13-11-40(12-14-42)27-18-43-25-17-28(39-31(33(36)37)24(25)15-23(35)16-26(27)43)41-9-6-22(7-10-41)30-21(2)5-8-38-32(30)34(45-3)19-46-20-34/h4-5,8,15,17,22,26-27,33H,1,6-7,9-14,16,18-20H2,2-3H3/t26-,27+/m0/s1. The molecular weight excluding hydrogens is 597 g/mol. The molecule has 0 N–H and O–H groups in total. The van der Waals surface area contributed by atoms with Gasteiger partial charge < -0.3 is 24.2 Å². The van der Waals surface area contributed by atoms with Crippen LogP contribution < -0.4 is 9.80 Å². The lowest BCUT2D eigenvalue weighted by Gasteiger charge is -2.55. The number of methoxy groups -OCH3 is 1. The topological polar surface area (TPSA) is 74.3 Å². The fourth-order valence-corrected chi connectivity index (χ4v) is 7.97. The lowest BCUT2D eigenvalue weighted by molar-refractivity contribution is -0.205. The van der Waals surface area contributed by atoms with Crippen LogP contribution in [0.25, 0.3) is 6.08 Å². The van der Waals surface area contributed by atoms with Crippen molar-refractivity contribution in [2.45, 2.75) is 56.2 Å². The lowest BCUT2D eigenvalue weighted by atomic mass is 9.80. The number of aromatic nitrogens is 2. The Hall–Kier alpha value is -3.48. The van der Waals surface area contributed by atoms with Crippen LogP contribution >= 0.6 is 0 Å². The third kappa shape index (κ3) is 5.28. The number of anilines is 2. The van der Waals surface area contributed by atoms with E-state index in [1.807, 2.05) is 18.3 Å². The minimum Gasteiger partial charge on any atom is -0.374 e. The second-order valence-corrected chi connectivity index (χ2v) is 13.1. The van der Waals surface area contributed by atoms with Crippen LogP contribution in [-0.4, -0.2) is 104 Å². The van der Waals surface area contributed by atoms with E-state index in [1.165, 1.54) is 17.7 Å². The molecule has 4 fully saturated rings. The normalized spacial score (nSPS) is 24.8. The van der Waals surface area contributed by atoms with Crippen LogP contribution in [0.15, 0.2) is 36.8 Å². The van der Waals surface area contributed by atoms with Crippen molar-refractivity contribution in [2.24, 2.45) is 0 Å². The lowest BCUT2D eigenvalue weighted by Crippen LogP contribution is -2.69. The van der Waals surface area contributed by atoms with Gasteiger partial charge in [-0.3, -0.25) is 14.7 Å². The van der Waals surface area contributed by atoms with Gasteiger partial charge in [-0.2, -0.15) is 0 Å². The molecule has 7 rings (SSSR count). The van der Waals surface area contributed by atoms with Gasteiger partial charge >= 0.3 is 0 Å². The molecule has 0 spiro atoms. The van der Waals surface area contributed by atoms with Gasteiger partial charge in [0.1, 0.15) is 17.3 Å². The molecule has 0 aliphatic carbocycles. The number of ether oxygens (including phenoxy) is 2. The summed E-state index contributed by atoms with van der Waals surface area (Å²) in [6, 6.07) is 3.80. The fraction of sp³-hybridized carbons (Fsp3) is 0.559. The van der Waals surface area contributed by atoms with Crippen molar-refractivity contribution in [3.8, 4) is 0 Å². The SMILES string of the molecule is C=CC(=O)N1CCN([C@@H]2CN3c4cc(N5CCC(c6c(C)ccnc6C6(OC)COC6)CC5)nc(C(F)F)c4C=C(F)C[C@@H]23)CC1. The van der Waals surface area contributed by atoms with Crippen LogP contribution in [0.2, 0.25) is 0 Å². The number of amides is 1. The molecule has 2 aromatic heterocycles. The highest BCUT2D eigenvalue weighted by atomic mass is 19.3. The number of hydrogen-bond donors (Lipinski definition) is 0. The predicted octanol–water partition coefficient (Wildman–Crippen LogP) is 4.58. The van der Waals surface area contributed by atoms with Gasteiger partial charge in [-0.1, -0.05) is 6.58 Å². The third-order valence-electron chi connectivity index (χ3n) is 10.7. The molecule has 12 heteroatoms. The Morgan fingerprint density at radius 1 is 1.15 bits per heavy atom. The predicted molar refractivity (Wildman–Crippen MR) is 169 cm³/mol. The first-order chi connectivity index (χ1) is 22.2. The number of nitrogens with zero attached hydrogens (tertiary/aromatic N) is 6. The van der Waals surface area contributed by atoms with Crippen LogP contribution in [0, 0.1) is 6.92 Å². The molecule has 246 valence electrons. The first kappa shape index (κ1) is 31.1. The Kier molecular flexibility index (Phi) is 8.31. The average Bonchev–Trinajstić information content (AvgIpc) is 3.13. The van der Waals surface area contributed by atoms with E-state index in [-0.39, 0.29) is 41.6 Å². The van der Waals surface area contributed by atoms with Crippen LogP contribution in [0.5, 0.6) is 0 Å². The number of carbonyl (C=O) groups is 1. The summed E-state index contributed by atoms with van der Waals surface area (Å²) < 4.78 is 55.8. The molecule has 46 heavy (non-hydrogen) atoms. The zero-order chi connectivity index (χ0) is 32.2. The van der Waals surface area contributed by atoms with Crippen molar-refractivity contribution in [1.29, 1.82) is 0 Å². The molecule has 0 radical (unpaired) electrons. The number of pyridine rings is 2. The van der Waals surface area contributed by atoms with Crippen molar-refractivity contribution in [3.63, 3.8) is 0 Å². The van der Waals surface area contributed by atoms with Gasteiger partial charge in [0.25, 0.3) is 6.43 Å². The number of alkyl halides is 2. The number of aryl methyl sites for hydroxylation is 1. The highest BCUT2D eigenvalue weighted by Gasteiger charge is 2.47. The smallest absolute Gasteiger partial charge is 0.281 e. The summed E-state index contributed by atoms with van der Waals surface area (Å²) >= 11 is 0. The van der Waals surface area contributed by atoms with Gasteiger partial charge in [0.2, 0.25) is 5.91 Å². The quantitative estimate of drug-likeness (QED) is 0.409. The Morgan fingerprint density at radius 2 is 1.89 bits per heavy atom. The van der Waals surface area contributed by atoms with Gasteiger partial charge in [-0.05, 0) is 55.0 Å². The monoisotopic (exact) mass is 638 g/mol. The summed E-state index contributed by atoms with van der Waals surface area (Å²) in [5, 5.41) is 0. The summed E-state index contributed by atoms with van der Waals surface area (Å²) in [5.74, 6) is 0.247. The van der Waals surface area contributed by atoms with Gasteiger partial charge in [-0.15, -0.1) is 0 Å². The van der Waals surface area contributed by atoms with E-state index in [4.69, 9.17) is 14.5 Å². The molecule has 2 aromatic rings. The summed E-state index contributed by atoms with van der Waals surface area (Å²) in [5.41, 5.74) is 3.18. The summed E-state index contributed by atoms with van der Waals surface area (Å²) in [4.78, 5) is 29.5. The van der Waals surface area contributed by atoms with Crippen molar-refractivity contribution in [1.82, 2.24) is 19.8 Å². The van der Waals surface area contributed by atoms with Crippen molar-refractivity contribution in [3.05, 3.63) is 64.9 Å². The second kappa shape index (κ2) is 12.3. The molecule has 1 amide bonds. The summed E-state index contributed by atoms with van der Waals surface area (Å²) in [6.07, 6.45) is 3.35. The second-order valence-electron chi connectivity index (χ2n) is 13.1. The molecule has 4 saturated heterocycles. The Bertz CT molecular complexity index is 1530. The number of piperidine rings is 1. The minimum atomic E-state index is -2.84. The van der Waals surface area contributed by atoms with Crippen LogP contribution in [0.3, 0.4) is 0 Å². The molecule has 2 atom stereocenters. The zero-order valence-corrected chi connectivity index (χ0v) is 26.4. The molecule has 0 saturated carbocycles. The maximum absolute atomic E-state index is 15.3. The van der Waals surface area contributed by atoms with E-state index in [0.717, 1.165) is 24.1 Å². The van der Waals surface area contributed by atoms with Gasteiger partial charge in [0.15, 0.2) is 5.60 Å². The number of rotatable bonds is 7. The number of piperazine rings is 1. The molecule has 7 heterocycles. The Morgan fingerprint density at radius 3 is 2.52 bits per heavy atom. The molecule has 0 aromatic carbocycles. The van der Waals surface area contributed by atoms with Crippen molar-refractivity contribution < 1.29 is 27.4 Å². The molecule has 5 aliphatic rings. The van der Waals surface area contributed by atoms with E-state index in [1.54, 1.807) is 12.0 Å². The van der Waals surface area contributed by atoms with Crippen LogP contribution in [-0.2, 0) is 19.9 Å². The van der Waals surface area contributed by atoms with E-state index in [0.29, 0.717) is 70.5 Å². The van der Waals surface area contributed by atoms with Gasteiger partial charge in [-0.25, -0.2) is 18.2 Å². The Labute approximate surface area is 267 Å². The zero-order valence-electron chi connectivity index (χ0n) is 26.4. The maximum atomic E-state index is 15.3. The highest BCUT2D eigenvalue weighted by Crippen LogP contribution is 2.45. The van der Waals surface area contributed by atoms with E-state index in [9.17, 15) is 13.6 Å².